The third kappa shape index (κ3) is 8.78. The summed E-state index contributed by atoms with van der Waals surface area (Å²) >= 11 is 6.28. The average molecular weight is 746 g/mol. The van der Waals surface area contributed by atoms with E-state index < -0.39 is 75.6 Å². The molecule has 2 N–H and O–H groups in total. The smallest absolute Gasteiger partial charge is 0.407 e. The van der Waals surface area contributed by atoms with E-state index in [1.54, 1.807) is 25.1 Å². The van der Waals surface area contributed by atoms with Crippen molar-refractivity contribution >= 4 is 33.5 Å². The molecule has 0 spiro atoms. The van der Waals surface area contributed by atoms with Crippen LogP contribution in [0.25, 0.3) is 0 Å². The molecule has 4 atom stereocenters. The fourth-order valence-electron chi connectivity index (χ4n) is 6.62. The van der Waals surface area contributed by atoms with Crippen molar-refractivity contribution < 1.29 is 40.3 Å². The van der Waals surface area contributed by atoms with Crippen LogP contribution in [0.15, 0.2) is 89.8 Å². The number of hydrogen-bond donors (Lipinski definition) is 2. The summed E-state index contributed by atoms with van der Waals surface area (Å²) in [6, 6.07) is 15.3. The third-order valence-corrected chi connectivity index (χ3v) is 11.5. The van der Waals surface area contributed by atoms with Gasteiger partial charge in [0, 0.05) is 43.6 Å². The zero-order valence-electron chi connectivity index (χ0n) is 27.7. The predicted molar refractivity (Wildman–Crippen MR) is 184 cm³/mol. The molecular weight excluding hydrogens is 710 g/mol. The number of benzene rings is 4. The van der Waals surface area contributed by atoms with E-state index in [0.717, 1.165) is 31.4 Å². The molecule has 4 aromatic rings. The molecular formula is C37H36ClF4N3O5S. The monoisotopic (exact) mass is 745 g/mol. The van der Waals surface area contributed by atoms with Crippen LogP contribution in [0.3, 0.4) is 0 Å². The van der Waals surface area contributed by atoms with Crippen LogP contribution in [0.2, 0.25) is 5.02 Å². The number of ketones is 1. The van der Waals surface area contributed by atoms with E-state index in [1.165, 1.54) is 40.7 Å². The SMILES string of the molecule is COC(=O)N[C@H](C(=O)Cc1cccc(F)c1CC[C@H]1CNC[C@@H](C)N1S(=O)(=O)c1ccccc1Cl)[C@@H](c1ccc(F)cc1)c1cc(F)cc(F)c1. The lowest BCUT2D eigenvalue weighted by atomic mass is 9.81. The summed E-state index contributed by atoms with van der Waals surface area (Å²) in [5, 5.41) is 5.77. The summed E-state index contributed by atoms with van der Waals surface area (Å²) in [4.78, 5) is 26.7. The molecule has 5 rings (SSSR count). The fourth-order valence-corrected chi connectivity index (χ4v) is 8.97. The van der Waals surface area contributed by atoms with Crippen molar-refractivity contribution in [2.45, 2.75) is 55.1 Å². The van der Waals surface area contributed by atoms with Crippen molar-refractivity contribution in [2.75, 3.05) is 20.2 Å². The first-order chi connectivity index (χ1) is 24.3. The third-order valence-electron chi connectivity index (χ3n) is 8.93. The Balaban J connectivity index is 1.47. The number of ether oxygens (including phenoxy) is 1. The van der Waals surface area contributed by atoms with Crippen molar-refractivity contribution in [2.24, 2.45) is 0 Å². The Bertz CT molecular complexity index is 1980. The molecule has 51 heavy (non-hydrogen) atoms. The fraction of sp³-hybridized carbons (Fsp3) is 0.297. The topological polar surface area (TPSA) is 105 Å². The summed E-state index contributed by atoms with van der Waals surface area (Å²) in [7, 11) is -2.97. The average Bonchev–Trinajstić information content (AvgIpc) is 3.08. The Kier molecular flexibility index (Phi) is 12.2. The number of sulfonamides is 1. The highest BCUT2D eigenvalue weighted by atomic mass is 35.5. The van der Waals surface area contributed by atoms with Gasteiger partial charge in [0.1, 0.15) is 34.2 Å². The van der Waals surface area contributed by atoms with Gasteiger partial charge >= 0.3 is 6.09 Å². The number of nitrogens with one attached hydrogen (secondary N) is 2. The first-order valence-electron chi connectivity index (χ1n) is 16.1. The minimum Gasteiger partial charge on any atom is -0.453 e. The van der Waals surface area contributed by atoms with E-state index in [2.05, 4.69) is 10.6 Å². The molecule has 1 amide bonds. The molecule has 0 saturated carbocycles. The van der Waals surface area contributed by atoms with Crippen molar-refractivity contribution in [1.82, 2.24) is 14.9 Å². The molecule has 1 aliphatic rings. The minimum absolute atomic E-state index is 0.0212. The molecule has 0 aromatic heterocycles. The molecule has 8 nitrogen and oxygen atoms in total. The van der Waals surface area contributed by atoms with Crippen molar-refractivity contribution in [1.29, 1.82) is 0 Å². The van der Waals surface area contributed by atoms with Gasteiger partial charge in [0.05, 0.1) is 12.1 Å². The number of halogens is 5. The van der Waals surface area contributed by atoms with E-state index in [9.17, 15) is 31.2 Å². The number of amides is 1. The van der Waals surface area contributed by atoms with Crippen LogP contribution < -0.4 is 10.6 Å². The zero-order chi connectivity index (χ0) is 36.9. The maximum atomic E-state index is 15.6. The second kappa shape index (κ2) is 16.4. The summed E-state index contributed by atoms with van der Waals surface area (Å²) in [6.45, 7) is 2.43. The van der Waals surface area contributed by atoms with E-state index in [0.29, 0.717) is 12.6 Å². The van der Waals surface area contributed by atoms with Gasteiger partial charge in [-0.15, -0.1) is 0 Å². The van der Waals surface area contributed by atoms with E-state index >= 15 is 4.39 Å². The maximum Gasteiger partial charge on any atom is 0.407 e. The highest BCUT2D eigenvalue weighted by Crippen LogP contribution is 2.33. The van der Waals surface area contributed by atoms with Crippen LogP contribution >= 0.6 is 11.6 Å². The van der Waals surface area contributed by atoms with Gasteiger partial charge in [-0.3, -0.25) is 4.79 Å². The van der Waals surface area contributed by atoms with Crippen LogP contribution in [-0.4, -0.2) is 62.9 Å². The Morgan fingerprint density at radius 2 is 1.61 bits per heavy atom. The Morgan fingerprint density at radius 1 is 0.922 bits per heavy atom. The Morgan fingerprint density at radius 3 is 2.27 bits per heavy atom. The maximum absolute atomic E-state index is 15.6. The quantitative estimate of drug-likeness (QED) is 0.160. The molecule has 1 fully saturated rings. The zero-order valence-corrected chi connectivity index (χ0v) is 29.3. The van der Waals surface area contributed by atoms with Gasteiger partial charge < -0.3 is 15.4 Å². The van der Waals surface area contributed by atoms with Crippen LogP contribution in [0, 0.1) is 23.3 Å². The number of rotatable bonds is 12. The van der Waals surface area contributed by atoms with Crippen molar-refractivity contribution in [3.05, 3.63) is 135 Å². The lowest BCUT2D eigenvalue weighted by Gasteiger charge is -2.40. The van der Waals surface area contributed by atoms with E-state index in [4.69, 9.17) is 16.3 Å². The molecule has 1 aliphatic heterocycles. The molecule has 270 valence electrons. The van der Waals surface area contributed by atoms with Gasteiger partial charge in [0.15, 0.2) is 5.78 Å². The van der Waals surface area contributed by atoms with Gasteiger partial charge in [0.2, 0.25) is 10.0 Å². The van der Waals surface area contributed by atoms with Gasteiger partial charge in [0.25, 0.3) is 0 Å². The summed E-state index contributed by atoms with van der Waals surface area (Å²) in [6.07, 6.45) is -1.24. The summed E-state index contributed by atoms with van der Waals surface area (Å²) in [5.74, 6) is -4.98. The molecule has 0 bridgehead atoms. The first-order valence-corrected chi connectivity index (χ1v) is 18.0. The molecule has 1 saturated heterocycles. The van der Waals surface area contributed by atoms with Gasteiger partial charge in [-0.05, 0) is 84.5 Å². The van der Waals surface area contributed by atoms with Crippen LogP contribution in [0.5, 0.6) is 0 Å². The lowest BCUT2D eigenvalue weighted by Crippen LogP contribution is -2.58. The van der Waals surface area contributed by atoms with Gasteiger partial charge in [-0.2, -0.15) is 4.31 Å². The molecule has 0 aliphatic carbocycles. The van der Waals surface area contributed by atoms with Crippen molar-refractivity contribution in [3.8, 4) is 0 Å². The summed E-state index contributed by atoms with van der Waals surface area (Å²) < 4.78 is 92.4. The number of hydrogen-bond acceptors (Lipinski definition) is 6. The molecule has 0 unspecified atom stereocenters. The highest BCUT2D eigenvalue weighted by molar-refractivity contribution is 7.89. The van der Waals surface area contributed by atoms with Gasteiger partial charge in [-0.25, -0.2) is 30.8 Å². The van der Waals surface area contributed by atoms with E-state index in [1.807, 2.05) is 0 Å². The second-order valence-electron chi connectivity index (χ2n) is 12.3. The number of nitrogens with zero attached hydrogens (tertiary/aromatic N) is 1. The Hall–Kier alpha value is -4.30. The predicted octanol–water partition coefficient (Wildman–Crippen LogP) is 6.55. The molecule has 14 heteroatoms. The minimum atomic E-state index is -4.05. The largest absolute Gasteiger partial charge is 0.453 e. The first kappa shape index (κ1) is 37.9. The number of alkyl carbamates (subject to hydrolysis) is 1. The lowest BCUT2D eigenvalue weighted by molar-refractivity contribution is -0.120. The molecule has 4 aromatic carbocycles. The van der Waals surface area contributed by atoms with Crippen LogP contribution in [0.4, 0.5) is 22.4 Å². The molecule has 0 radical (unpaired) electrons. The number of carbonyl (C=O) groups excluding carboxylic acids is 2. The Labute approximate surface area is 298 Å². The number of Topliss-reactive ketones (excluding diaryl/α,β-unsaturated/α-hetero) is 1. The van der Waals surface area contributed by atoms with E-state index in [-0.39, 0.29) is 51.6 Å². The standard InChI is InChI=1S/C37H36ClF4N3O5S/c1-22-20-43-21-29(45(22)51(48,49)34-9-4-3-7-31(34)38)14-15-30-24(6-5-8-32(30)42)18-33(46)36(44-37(47)50-2)35(23-10-12-26(39)13-11-23)25-16-27(40)19-28(41)17-25/h3-13,16-17,19,22,29,35-36,43H,14-15,18,20-21H2,1-2H3,(H,44,47)/t22-,29+,35+,36-/m1/s1. The van der Waals surface area contributed by atoms with Crippen LogP contribution in [-0.2, 0) is 32.4 Å². The van der Waals surface area contributed by atoms with Crippen LogP contribution in [0.1, 0.15) is 41.5 Å². The number of carbonyl (C=O) groups is 2. The van der Waals surface area contributed by atoms with Crippen molar-refractivity contribution in [3.63, 3.8) is 0 Å². The second-order valence-corrected chi connectivity index (χ2v) is 14.6. The number of piperazine rings is 1. The normalized spacial score (nSPS) is 17.8. The molecule has 1 heterocycles. The summed E-state index contributed by atoms with van der Waals surface area (Å²) in [5.41, 5.74) is 0.657. The number of methoxy groups -OCH3 is 1. The van der Waals surface area contributed by atoms with Gasteiger partial charge in [-0.1, -0.05) is 48.0 Å². The highest BCUT2D eigenvalue weighted by Gasteiger charge is 2.39.